The third-order valence-corrected chi connectivity index (χ3v) is 5.30. The van der Waals surface area contributed by atoms with Gasteiger partial charge in [-0.2, -0.15) is 0 Å². The van der Waals surface area contributed by atoms with Gasteiger partial charge in [-0.15, -0.1) is 0 Å². The highest BCUT2D eigenvalue weighted by Gasteiger charge is 2.21. The van der Waals surface area contributed by atoms with E-state index in [0.29, 0.717) is 16.2 Å². The predicted octanol–water partition coefficient (Wildman–Crippen LogP) is 4.91. The lowest BCUT2D eigenvalue weighted by Crippen LogP contribution is -2.26. The number of aliphatic imine (C=N–C) groups is 1. The number of hydrogen-bond acceptors (Lipinski definition) is 3. The Morgan fingerprint density at radius 2 is 2.24 bits per heavy atom. The summed E-state index contributed by atoms with van der Waals surface area (Å²) in [6.45, 7) is 3.53. The van der Waals surface area contributed by atoms with Gasteiger partial charge >= 0.3 is 0 Å². The Labute approximate surface area is 173 Å². The van der Waals surface area contributed by atoms with E-state index in [1.807, 2.05) is 12.1 Å². The molecule has 4 rings (SSSR count). The SMILES string of the molecule is C=C/C(F)=C(\N=C(/N)c1c[nH]c2ncc(Cl)cc12)NC1CCCc2ccccc21. The zero-order chi connectivity index (χ0) is 20.4. The van der Waals surface area contributed by atoms with Crippen LogP contribution in [0.3, 0.4) is 0 Å². The van der Waals surface area contributed by atoms with Crippen molar-refractivity contribution in [1.82, 2.24) is 15.3 Å². The maximum atomic E-state index is 14.6. The smallest absolute Gasteiger partial charge is 0.165 e. The third-order valence-electron chi connectivity index (χ3n) is 5.09. The molecule has 0 fully saturated rings. The second-order valence-corrected chi connectivity index (χ2v) is 7.37. The van der Waals surface area contributed by atoms with Gasteiger partial charge in [0.25, 0.3) is 0 Å². The minimum Gasteiger partial charge on any atom is -0.383 e. The van der Waals surface area contributed by atoms with Gasteiger partial charge in [0.05, 0.1) is 11.1 Å². The number of nitrogens with one attached hydrogen (secondary N) is 2. The van der Waals surface area contributed by atoms with E-state index in [-0.39, 0.29) is 17.7 Å². The van der Waals surface area contributed by atoms with E-state index in [2.05, 4.69) is 39.0 Å². The van der Waals surface area contributed by atoms with Gasteiger partial charge in [-0.05, 0) is 42.5 Å². The van der Waals surface area contributed by atoms with E-state index in [1.165, 1.54) is 5.56 Å². The van der Waals surface area contributed by atoms with Gasteiger partial charge < -0.3 is 16.0 Å². The van der Waals surface area contributed by atoms with Crippen LogP contribution in [0.4, 0.5) is 4.39 Å². The van der Waals surface area contributed by atoms with Crippen molar-refractivity contribution < 1.29 is 4.39 Å². The average Bonchev–Trinajstić information content (AvgIpc) is 3.16. The Morgan fingerprint density at radius 3 is 3.07 bits per heavy atom. The number of aryl methyl sites for hydroxylation is 1. The Bertz CT molecular complexity index is 1130. The summed E-state index contributed by atoms with van der Waals surface area (Å²) in [6.07, 6.45) is 7.28. The monoisotopic (exact) mass is 409 g/mol. The van der Waals surface area contributed by atoms with Crippen LogP contribution in [0.25, 0.3) is 11.0 Å². The lowest BCUT2D eigenvalue weighted by atomic mass is 9.88. The highest BCUT2D eigenvalue weighted by molar-refractivity contribution is 6.31. The largest absolute Gasteiger partial charge is 0.383 e. The van der Waals surface area contributed by atoms with Crippen molar-refractivity contribution in [3.8, 4) is 0 Å². The highest BCUT2D eigenvalue weighted by Crippen LogP contribution is 2.31. The number of pyridine rings is 1. The van der Waals surface area contributed by atoms with E-state index in [4.69, 9.17) is 17.3 Å². The molecule has 148 valence electrons. The van der Waals surface area contributed by atoms with Crippen LogP contribution in [-0.2, 0) is 6.42 Å². The first-order valence-corrected chi connectivity index (χ1v) is 9.78. The van der Waals surface area contributed by atoms with Gasteiger partial charge in [0.15, 0.2) is 11.6 Å². The van der Waals surface area contributed by atoms with Crippen LogP contribution in [0, 0.1) is 0 Å². The van der Waals surface area contributed by atoms with E-state index in [0.717, 1.165) is 36.3 Å². The summed E-state index contributed by atoms with van der Waals surface area (Å²) in [4.78, 5) is 11.6. The van der Waals surface area contributed by atoms with Crippen LogP contribution in [0.5, 0.6) is 0 Å². The van der Waals surface area contributed by atoms with Crippen LogP contribution < -0.4 is 11.1 Å². The summed E-state index contributed by atoms with van der Waals surface area (Å²) in [5.74, 6) is -0.348. The number of amidine groups is 1. The Morgan fingerprint density at radius 1 is 1.41 bits per heavy atom. The van der Waals surface area contributed by atoms with Gasteiger partial charge in [-0.25, -0.2) is 14.4 Å². The highest BCUT2D eigenvalue weighted by atomic mass is 35.5. The number of H-pyrrole nitrogens is 1. The topological polar surface area (TPSA) is 79.1 Å². The molecule has 0 bridgehead atoms. The summed E-state index contributed by atoms with van der Waals surface area (Å²) >= 11 is 6.06. The number of nitrogens with zero attached hydrogens (tertiary/aromatic N) is 2. The number of fused-ring (bicyclic) bond motifs is 2. The summed E-state index contributed by atoms with van der Waals surface area (Å²) in [6, 6.07) is 9.89. The number of nitrogens with two attached hydrogens (primary N) is 1. The van der Waals surface area contributed by atoms with Crippen molar-refractivity contribution in [3.05, 3.63) is 88.7 Å². The number of allylic oxidation sites excluding steroid dienone is 2. The molecule has 0 spiro atoms. The molecule has 5 nitrogen and oxygen atoms in total. The minimum atomic E-state index is -0.563. The van der Waals surface area contributed by atoms with Gasteiger partial charge in [-0.3, -0.25) is 0 Å². The van der Waals surface area contributed by atoms with Crippen LogP contribution in [0.15, 0.2) is 72.0 Å². The lowest BCUT2D eigenvalue weighted by Gasteiger charge is -2.27. The molecular weight excluding hydrogens is 389 g/mol. The summed E-state index contributed by atoms with van der Waals surface area (Å²) in [5.41, 5.74) is 9.90. The maximum absolute atomic E-state index is 14.6. The molecule has 1 unspecified atom stereocenters. The summed E-state index contributed by atoms with van der Waals surface area (Å²) in [5, 5.41) is 4.43. The van der Waals surface area contributed by atoms with Gasteiger partial charge in [0, 0.05) is 23.3 Å². The van der Waals surface area contributed by atoms with E-state index in [9.17, 15) is 4.39 Å². The van der Waals surface area contributed by atoms with Gasteiger partial charge in [-0.1, -0.05) is 42.4 Å². The first kappa shape index (κ1) is 19.2. The van der Waals surface area contributed by atoms with E-state index >= 15 is 0 Å². The predicted molar refractivity (Wildman–Crippen MR) is 115 cm³/mol. The Hall–Kier alpha value is -3.12. The van der Waals surface area contributed by atoms with E-state index in [1.54, 1.807) is 18.5 Å². The van der Waals surface area contributed by atoms with Crippen molar-refractivity contribution in [3.63, 3.8) is 0 Å². The molecule has 0 saturated carbocycles. The molecule has 1 aliphatic carbocycles. The zero-order valence-electron chi connectivity index (χ0n) is 15.8. The molecule has 0 amide bonds. The molecule has 1 aromatic carbocycles. The molecule has 7 heteroatoms. The van der Waals surface area contributed by atoms with Crippen molar-refractivity contribution in [2.45, 2.75) is 25.3 Å². The number of hydrogen-bond donors (Lipinski definition) is 3. The maximum Gasteiger partial charge on any atom is 0.165 e. The first-order valence-electron chi connectivity index (χ1n) is 9.40. The summed E-state index contributed by atoms with van der Waals surface area (Å²) in [7, 11) is 0. The fraction of sp³-hybridized carbons (Fsp3) is 0.182. The Kier molecular flexibility index (Phi) is 5.36. The Balaban J connectivity index is 1.70. The fourth-order valence-corrected chi connectivity index (χ4v) is 3.85. The molecule has 1 aliphatic rings. The molecule has 3 aromatic rings. The number of halogens is 2. The number of rotatable bonds is 5. The normalized spacial score (nSPS) is 17.6. The molecule has 4 N–H and O–H groups in total. The van der Waals surface area contributed by atoms with Gasteiger partial charge in [0.2, 0.25) is 0 Å². The van der Waals surface area contributed by atoms with Crippen LogP contribution in [0.2, 0.25) is 5.02 Å². The molecule has 0 aliphatic heterocycles. The molecule has 0 radical (unpaired) electrons. The summed E-state index contributed by atoms with van der Waals surface area (Å²) < 4.78 is 14.6. The molecule has 1 atom stereocenters. The number of aromatic amines is 1. The number of aromatic nitrogens is 2. The molecule has 2 heterocycles. The molecule has 29 heavy (non-hydrogen) atoms. The van der Waals surface area contributed by atoms with Crippen LogP contribution in [0.1, 0.15) is 35.6 Å². The zero-order valence-corrected chi connectivity index (χ0v) is 16.5. The molecular formula is C22H21ClFN5. The first-order chi connectivity index (χ1) is 14.1. The average molecular weight is 410 g/mol. The van der Waals surface area contributed by atoms with E-state index < -0.39 is 5.83 Å². The standard InChI is InChI=1S/C22H21ClFN5/c1-2-18(24)22(28-19-9-5-7-13-6-3-4-8-15(13)19)29-20(25)17-12-27-21-16(17)10-14(23)11-26-21/h2-4,6,8,10-12,19,28H,1,5,7,9H2,(H2,25,29)(H,26,27)/b22-18+. The van der Waals surface area contributed by atoms with Gasteiger partial charge in [0.1, 0.15) is 11.5 Å². The second kappa shape index (κ2) is 8.09. The molecule has 2 aromatic heterocycles. The van der Waals surface area contributed by atoms with Crippen molar-refractivity contribution in [2.75, 3.05) is 0 Å². The van der Waals surface area contributed by atoms with Crippen LogP contribution in [-0.4, -0.2) is 15.8 Å². The fourth-order valence-electron chi connectivity index (χ4n) is 3.69. The van der Waals surface area contributed by atoms with Crippen LogP contribution >= 0.6 is 11.6 Å². The van der Waals surface area contributed by atoms with Crippen molar-refractivity contribution >= 4 is 28.5 Å². The number of benzene rings is 1. The quantitative estimate of drug-likeness (QED) is 0.318. The lowest BCUT2D eigenvalue weighted by molar-refractivity contribution is 0.485. The minimum absolute atomic E-state index is 0.0451. The molecule has 0 saturated heterocycles. The third kappa shape index (κ3) is 3.89. The van der Waals surface area contributed by atoms with Crippen molar-refractivity contribution in [2.24, 2.45) is 10.7 Å². The second-order valence-electron chi connectivity index (χ2n) is 6.94. The van der Waals surface area contributed by atoms with Crippen molar-refractivity contribution in [1.29, 1.82) is 0 Å².